The first-order valence-corrected chi connectivity index (χ1v) is 5.04. The summed E-state index contributed by atoms with van der Waals surface area (Å²) in [5.41, 5.74) is 2.87. The molecule has 3 rings (SSSR count). The van der Waals surface area contributed by atoms with Crippen LogP contribution < -0.4 is 0 Å². The Morgan fingerprint density at radius 2 is 1.88 bits per heavy atom. The molecule has 4 nitrogen and oxygen atoms in total. The minimum atomic E-state index is 0.890. The largest absolute Gasteiger partial charge is 0.276 e. The van der Waals surface area contributed by atoms with Gasteiger partial charge in [-0.1, -0.05) is 18.2 Å². The van der Waals surface area contributed by atoms with Crippen LogP contribution in [0.25, 0.3) is 17.1 Å². The van der Waals surface area contributed by atoms with E-state index in [9.17, 15) is 0 Å². The molecule has 0 fully saturated rings. The molecule has 1 N–H and O–H groups in total. The number of H-pyrrole nitrogens is 1. The molecule has 3 aromatic rings. The van der Waals surface area contributed by atoms with Crippen molar-refractivity contribution in [3.8, 4) is 17.1 Å². The van der Waals surface area contributed by atoms with E-state index in [0.717, 1.165) is 17.1 Å². The Bertz CT molecular complexity index is 566. The SMILES string of the molecule is c1ccc(-n2ccc(-c3ccn[nH]3)n2)cc1. The Labute approximate surface area is 92.6 Å². The van der Waals surface area contributed by atoms with Crippen LogP contribution in [0.15, 0.2) is 54.9 Å². The summed E-state index contributed by atoms with van der Waals surface area (Å²) in [5.74, 6) is 0. The number of nitrogens with one attached hydrogen (secondary N) is 1. The number of aromatic nitrogens is 4. The van der Waals surface area contributed by atoms with E-state index in [4.69, 9.17) is 0 Å². The molecule has 0 saturated carbocycles. The summed E-state index contributed by atoms with van der Waals surface area (Å²) in [7, 11) is 0. The van der Waals surface area contributed by atoms with Gasteiger partial charge in [0.25, 0.3) is 0 Å². The highest BCUT2D eigenvalue weighted by Gasteiger charge is 2.03. The van der Waals surface area contributed by atoms with Crippen LogP contribution in [-0.4, -0.2) is 20.0 Å². The summed E-state index contributed by atoms with van der Waals surface area (Å²) in [4.78, 5) is 0. The van der Waals surface area contributed by atoms with E-state index in [0.29, 0.717) is 0 Å². The third-order valence-electron chi connectivity index (χ3n) is 2.39. The second-order valence-corrected chi connectivity index (χ2v) is 3.45. The standard InChI is InChI=1S/C12H10N4/c1-2-4-10(5-3-1)16-9-7-12(15-16)11-6-8-13-14-11/h1-9H,(H,13,14). The number of hydrogen-bond acceptors (Lipinski definition) is 2. The monoisotopic (exact) mass is 210 g/mol. The van der Waals surface area contributed by atoms with Crippen molar-refractivity contribution in [2.24, 2.45) is 0 Å². The number of para-hydroxylation sites is 1. The fraction of sp³-hybridized carbons (Fsp3) is 0. The predicted molar refractivity (Wildman–Crippen MR) is 61.1 cm³/mol. The maximum Gasteiger partial charge on any atom is 0.111 e. The average molecular weight is 210 g/mol. The number of nitrogens with zero attached hydrogens (tertiary/aromatic N) is 3. The highest BCUT2D eigenvalue weighted by atomic mass is 15.3. The first-order valence-electron chi connectivity index (χ1n) is 5.04. The van der Waals surface area contributed by atoms with E-state index in [1.807, 2.05) is 53.3 Å². The molecular formula is C12H10N4. The summed E-state index contributed by atoms with van der Waals surface area (Å²) in [5, 5.41) is 11.3. The molecule has 2 heterocycles. The lowest BCUT2D eigenvalue weighted by Gasteiger charge is -1.99. The zero-order chi connectivity index (χ0) is 10.8. The van der Waals surface area contributed by atoms with Gasteiger partial charge < -0.3 is 0 Å². The lowest BCUT2D eigenvalue weighted by Crippen LogP contribution is -1.94. The minimum absolute atomic E-state index is 0.890. The summed E-state index contributed by atoms with van der Waals surface area (Å²) < 4.78 is 1.84. The van der Waals surface area contributed by atoms with Crippen molar-refractivity contribution >= 4 is 0 Å². The average Bonchev–Trinajstić information content (AvgIpc) is 3.01. The van der Waals surface area contributed by atoms with Gasteiger partial charge in [0.2, 0.25) is 0 Å². The van der Waals surface area contributed by atoms with Crippen LogP contribution in [0.1, 0.15) is 0 Å². The molecule has 0 aliphatic carbocycles. The van der Waals surface area contributed by atoms with E-state index in [1.165, 1.54) is 0 Å². The molecule has 0 spiro atoms. The van der Waals surface area contributed by atoms with Crippen LogP contribution in [0.3, 0.4) is 0 Å². The number of hydrogen-bond donors (Lipinski definition) is 1. The van der Waals surface area contributed by atoms with Crippen LogP contribution in [0, 0.1) is 0 Å². The Balaban J connectivity index is 2.00. The first-order chi connectivity index (χ1) is 7.93. The van der Waals surface area contributed by atoms with Crippen molar-refractivity contribution in [1.82, 2.24) is 20.0 Å². The summed E-state index contributed by atoms with van der Waals surface area (Å²) >= 11 is 0. The van der Waals surface area contributed by atoms with Gasteiger partial charge in [-0.2, -0.15) is 10.2 Å². The Morgan fingerprint density at radius 1 is 1.00 bits per heavy atom. The fourth-order valence-electron chi connectivity index (χ4n) is 1.59. The second-order valence-electron chi connectivity index (χ2n) is 3.45. The maximum atomic E-state index is 4.47. The molecule has 0 bridgehead atoms. The topological polar surface area (TPSA) is 46.5 Å². The molecular weight excluding hydrogens is 200 g/mol. The van der Waals surface area contributed by atoms with Gasteiger partial charge in [0.1, 0.15) is 5.69 Å². The van der Waals surface area contributed by atoms with E-state index >= 15 is 0 Å². The van der Waals surface area contributed by atoms with E-state index in [-0.39, 0.29) is 0 Å². The van der Waals surface area contributed by atoms with Crippen LogP contribution in [0.5, 0.6) is 0 Å². The van der Waals surface area contributed by atoms with Gasteiger partial charge in [0.15, 0.2) is 0 Å². The van der Waals surface area contributed by atoms with Crippen LogP contribution in [-0.2, 0) is 0 Å². The van der Waals surface area contributed by atoms with Crippen LogP contribution in [0.4, 0.5) is 0 Å². The summed E-state index contributed by atoms with van der Waals surface area (Å²) in [6.45, 7) is 0. The highest BCUT2D eigenvalue weighted by Crippen LogP contribution is 2.15. The minimum Gasteiger partial charge on any atom is -0.276 e. The smallest absolute Gasteiger partial charge is 0.111 e. The summed E-state index contributed by atoms with van der Waals surface area (Å²) in [6.07, 6.45) is 3.66. The molecule has 78 valence electrons. The lowest BCUT2D eigenvalue weighted by molar-refractivity contribution is 0.881. The molecule has 0 aliphatic heterocycles. The number of benzene rings is 1. The summed E-state index contributed by atoms with van der Waals surface area (Å²) in [6, 6.07) is 13.9. The van der Waals surface area contributed by atoms with Crippen molar-refractivity contribution < 1.29 is 0 Å². The molecule has 0 atom stereocenters. The molecule has 2 aromatic heterocycles. The van der Waals surface area contributed by atoms with Crippen molar-refractivity contribution in [2.75, 3.05) is 0 Å². The normalized spacial score (nSPS) is 10.5. The Kier molecular flexibility index (Phi) is 2.04. The molecule has 16 heavy (non-hydrogen) atoms. The number of aromatic amines is 1. The van der Waals surface area contributed by atoms with Crippen molar-refractivity contribution in [1.29, 1.82) is 0 Å². The molecule has 4 heteroatoms. The maximum absolute atomic E-state index is 4.47. The number of rotatable bonds is 2. The fourth-order valence-corrected chi connectivity index (χ4v) is 1.59. The predicted octanol–water partition coefficient (Wildman–Crippen LogP) is 2.26. The van der Waals surface area contributed by atoms with Crippen molar-refractivity contribution in [3.63, 3.8) is 0 Å². The quantitative estimate of drug-likeness (QED) is 0.705. The van der Waals surface area contributed by atoms with E-state index in [1.54, 1.807) is 6.20 Å². The first kappa shape index (κ1) is 8.91. The van der Waals surface area contributed by atoms with Gasteiger partial charge in [0, 0.05) is 12.4 Å². The molecule has 0 unspecified atom stereocenters. The zero-order valence-corrected chi connectivity index (χ0v) is 8.54. The molecule has 0 saturated heterocycles. The molecule has 0 radical (unpaired) electrons. The molecule has 0 aliphatic rings. The lowest BCUT2D eigenvalue weighted by atomic mass is 10.3. The van der Waals surface area contributed by atoms with Gasteiger partial charge in [0.05, 0.1) is 11.4 Å². The van der Waals surface area contributed by atoms with Gasteiger partial charge in [-0.3, -0.25) is 5.10 Å². The van der Waals surface area contributed by atoms with Gasteiger partial charge in [-0.15, -0.1) is 0 Å². The van der Waals surface area contributed by atoms with Gasteiger partial charge >= 0.3 is 0 Å². The van der Waals surface area contributed by atoms with Crippen molar-refractivity contribution in [2.45, 2.75) is 0 Å². The Hall–Kier alpha value is -2.36. The zero-order valence-electron chi connectivity index (χ0n) is 8.54. The van der Waals surface area contributed by atoms with Crippen LogP contribution >= 0.6 is 0 Å². The second kappa shape index (κ2) is 3.66. The van der Waals surface area contributed by atoms with E-state index in [2.05, 4.69) is 15.3 Å². The molecule has 0 amide bonds. The third kappa shape index (κ3) is 1.50. The van der Waals surface area contributed by atoms with Crippen LogP contribution in [0.2, 0.25) is 0 Å². The van der Waals surface area contributed by atoms with Gasteiger partial charge in [-0.05, 0) is 24.3 Å². The molecule has 1 aromatic carbocycles. The van der Waals surface area contributed by atoms with E-state index < -0.39 is 0 Å². The Morgan fingerprint density at radius 3 is 2.62 bits per heavy atom. The third-order valence-corrected chi connectivity index (χ3v) is 2.39. The highest BCUT2D eigenvalue weighted by molar-refractivity contribution is 5.52. The van der Waals surface area contributed by atoms with Crippen molar-refractivity contribution in [3.05, 3.63) is 54.9 Å². The van der Waals surface area contributed by atoms with Gasteiger partial charge in [-0.25, -0.2) is 4.68 Å².